The standard InChI is InChI=1S/C23H23N2Se2.C21H17NOS2.C19H15NOS2.C18H16N2O3S2.C16H18N2.C15H14N2O2S.2HI/c1-3-24-18-12-8-10-14-20(18)26-22(24)16-6-5-7-17-23-25(4-2)19-13-9-11-15-21(19)27-23;1-2-22-16-10-4-6-12-18(16)25-20(22)14-8-7-13-19-21(23)15-9-3-5-11-17(15)24-19;1-2-20-14-8-4-6-10-16(14)23-18(20)12-11-17-19(21)13-7-3-5-9-15(13)22-17;1-2-19-10-9-12(13-5-3-4-6-14(13)19)7-8-15-17(23)20(11-16(21)22)18(24)25-15;1-3-18-14(2)8-7-11-16(18)12-13-17-15-9-5-4-6-10-15;1-3-17-12-6-4-5-7-13(12)20-14(17)9-8-11(10-16)15(18)19-2;;/h5-17H,3-4H2,1-2H3;3-14H,2H2,1H3;3-12H,2H2,1H3;3-10H,2,11H2,1H3,(H,21,22);4-13H,3H2,1-2H3;4-9H,3H2,1-2H3;2*1H/q+1;;;;;;;/p-1/b;8-7+,19-13+,20-14-;17-11+,18-12-;12-7+,15-8+;;11-8-,14-9-;;. The Hall–Kier alpha value is -11.1. The molecule has 0 bridgehead atoms. The number of para-hydroxylation sites is 7. The van der Waals surface area contributed by atoms with E-state index in [2.05, 4.69) is 293 Å². The second-order valence-electron chi connectivity index (χ2n) is 30.8. The van der Waals surface area contributed by atoms with Gasteiger partial charge in [0.25, 0.3) is 5.91 Å². The average Bonchev–Trinajstić information content (AvgIpc) is 1.62. The molecular formula is C112H104I2N10O7S7Se2. The van der Waals surface area contributed by atoms with Crippen molar-refractivity contribution < 1.29 is 90.9 Å². The number of carboxylic acid groups (broad SMARTS) is 1. The first-order valence-electron chi connectivity index (χ1n) is 45.3. The van der Waals surface area contributed by atoms with E-state index in [4.69, 9.17) is 22.6 Å². The Bertz CT molecular complexity index is 6950. The number of halogens is 2. The number of Topliss-reactive ketones (excluding diaryl/α,β-unsaturated/α-hetero) is 2. The van der Waals surface area contributed by atoms with E-state index >= 15 is 0 Å². The van der Waals surface area contributed by atoms with Gasteiger partial charge in [-0.3, -0.25) is 24.1 Å². The second kappa shape index (κ2) is 53.7. The number of aliphatic carboxylic acids is 1. The number of aromatic nitrogens is 2. The van der Waals surface area contributed by atoms with E-state index in [0.717, 1.165) is 126 Å². The number of hydrogen-bond donors (Lipinski definition) is 2. The third kappa shape index (κ3) is 26.8. The van der Waals surface area contributed by atoms with Crippen LogP contribution in [0.3, 0.4) is 0 Å². The maximum atomic E-state index is 12.4. The van der Waals surface area contributed by atoms with Crippen LogP contribution in [0.15, 0.2) is 411 Å². The van der Waals surface area contributed by atoms with Crippen LogP contribution in [-0.4, -0.2) is 120 Å². The van der Waals surface area contributed by atoms with E-state index in [1.54, 1.807) is 71.0 Å². The van der Waals surface area contributed by atoms with Crippen molar-refractivity contribution in [1.29, 1.82) is 5.26 Å². The fourth-order valence-corrected chi connectivity index (χ4v) is 27.1. The summed E-state index contributed by atoms with van der Waals surface area (Å²) in [6.45, 7) is 23.4. The number of esters is 1. The summed E-state index contributed by atoms with van der Waals surface area (Å²) < 4.78 is 15.4. The predicted molar refractivity (Wildman–Crippen MR) is 583 cm³/mol. The summed E-state index contributed by atoms with van der Waals surface area (Å²) in [4.78, 5) is 79.6. The van der Waals surface area contributed by atoms with Crippen molar-refractivity contribution in [3.8, 4) is 6.07 Å². The summed E-state index contributed by atoms with van der Waals surface area (Å²) in [6, 6.07) is 84.5. The molecule has 19 rings (SSSR count). The third-order valence-corrected chi connectivity index (χ3v) is 34.1. The number of carbonyl (C=O) groups excluding carboxylic acids is 4. The minimum Gasteiger partial charge on any atom is -1.00 e. The topological polar surface area (TPSA) is 178 Å². The van der Waals surface area contributed by atoms with Crippen LogP contribution in [0.5, 0.6) is 0 Å². The number of pyridine rings is 1. The number of hydrogen-bond acceptors (Lipinski definition) is 20. The van der Waals surface area contributed by atoms with Gasteiger partial charge in [0.05, 0.1) is 54.0 Å². The van der Waals surface area contributed by atoms with Crippen LogP contribution in [0.2, 0.25) is 0 Å². The first-order chi connectivity index (χ1) is 67.4. The zero-order valence-corrected chi connectivity index (χ0v) is 92.0. The molecule has 0 saturated carbocycles. The van der Waals surface area contributed by atoms with Gasteiger partial charge in [-0.15, -0.1) is 0 Å². The fraction of sp³-hybridized carbons (Fsp3) is 0.152. The molecule has 0 atom stereocenters. The Balaban J connectivity index is 0.000000151. The molecule has 9 aromatic carbocycles. The Labute approximate surface area is 897 Å². The number of anilines is 6. The van der Waals surface area contributed by atoms with Crippen molar-refractivity contribution in [3.63, 3.8) is 0 Å². The summed E-state index contributed by atoms with van der Waals surface area (Å²) in [7, 11) is 1.26. The van der Waals surface area contributed by atoms with Crippen molar-refractivity contribution in [3.05, 3.63) is 419 Å². The number of benzene rings is 9. The largest absolute Gasteiger partial charge is 1.00 e. The third-order valence-electron chi connectivity index (χ3n) is 22.3. The van der Waals surface area contributed by atoms with Gasteiger partial charge in [-0.05, 0) is 174 Å². The number of nitriles is 1. The van der Waals surface area contributed by atoms with Crippen molar-refractivity contribution in [1.82, 2.24) is 4.90 Å². The first kappa shape index (κ1) is 108. The number of carboxylic acids is 1. The molecule has 0 radical (unpaired) electrons. The molecule has 1 fully saturated rings. The molecule has 1 saturated heterocycles. The zero-order chi connectivity index (χ0) is 97.0. The van der Waals surface area contributed by atoms with Crippen molar-refractivity contribution >= 4 is 212 Å². The molecule has 10 heterocycles. The van der Waals surface area contributed by atoms with Crippen molar-refractivity contribution in [2.75, 3.05) is 76.2 Å². The van der Waals surface area contributed by atoms with E-state index in [-0.39, 0.29) is 75.3 Å². The van der Waals surface area contributed by atoms with E-state index in [9.17, 15) is 24.0 Å². The number of rotatable bonds is 21. The van der Waals surface area contributed by atoms with Crippen LogP contribution in [0.25, 0.3) is 27.5 Å². The number of carbonyl (C=O) groups is 5. The fourth-order valence-electron chi connectivity index (χ4n) is 15.7. The molecule has 0 unspecified atom stereocenters. The molecule has 2 aromatic heterocycles. The first-order valence-corrected chi connectivity index (χ1v) is 54.0. The molecule has 11 aromatic rings. The predicted octanol–water partition coefficient (Wildman–Crippen LogP) is 18.4. The smallest absolute Gasteiger partial charge is 0.323 e. The van der Waals surface area contributed by atoms with Crippen LogP contribution in [0.4, 0.5) is 34.1 Å². The van der Waals surface area contributed by atoms with Gasteiger partial charge in [-0.2, -0.15) is 9.83 Å². The van der Waals surface area contributed by atoms with Gasteiger partial charge in [0, 0.05) is 116 Å². The maximum Gasteiger partial charge on any atom is 0.323 e. The molecule has 8 aliphatic rings. The Kier molecular flexibility index (Phi) is 41.3. The minimum absolute atomic E-state index is 0. The number of thiocarbonyl (C=S) groups is 1. The monoisotopic (exact) mass is 2340 g/mol. The summed E-state index contributed by atoms with van der Waals surface area (Å²) in [5.74, 6) is -1.81. The summed E-state index contributed by atoms with van der Waals surface area (Å²) in [5.41, 5.74) is 14.8. The van der Waals surface area contributed by atoms with E-state index < -0.39 is 18.5 Å². The molecular weight excluding hydrogens is 2230 g/mol. The van der Waals surface area contributed by atoms with E-state index in [1.165, 1.54) is 89.8 Å². The number of allylic oxidation sites excluding steroid dienone is 18. The number of ether oxygens (including phenoxy) is 1. The Morgan fingerprint density at radius 1 is 0.479 bits per heavy atom. The van der Waals surface area contributed by atoms with Gasteiger partial charge in [0.1, 0.15) is 29.1 Å². The zero-order valence-electron chi connectivity index (χ0n) is 78.6. The van der Waals surface area contributed by atoms with Gasteiger partial charge in [0.2, 0.25) is 17.3 Å². The van der Waals surface area contributed by atoms with Crippen LogP contribution in [0, 0.1) is 18.3 Å². The molecule has 140 heavy (non-hydrogen) atoms. The summed E-state index contributed by atoms with van der Waals surface area (Å²) in [5, 5.41) is 24.5. The number of fused-ring (bicyclic) bond motifs is 8. The molecule has 8 aliphatic heterocycles. The second-order valence-corrected chi connectivity index (χ2v) is 42.2. The number of nitrogens with one attached hydrogen (secondary N) is 1. The molecule has 1 amide bonds. The van der Waals surface area contributed by atoms with Crippen LogP contribution < -0.4 is 91.4 Å². The van der Waals surface area contributed by atoms with Gasteiger partial charge >= 0.3 is 186 Å². The SMILES string of the molecule is CCN1/C(=C/C=C(/C#N)C(=O)OC)Sc2ccccc21.CCN1/C(=C/C=C/C=C/c2[se]c3ccccc3[n+]2CC)[Se]c2ccccc21.CCN1/C(=C/C=C/C=C2/Sc3ccccc3C2=O)Sc2ccccc21.CCN1/C(=C/C=C2/Sc3ccccc3C2=O)Sc2ccccc21.CCN1C=C/C(=C\C=C2\SC(=S)N(CC(=O)O)C2=O)c2ccccc21.CC[n+]1c(C)cccc1/C=C/Nc1ccccc1.[I-].[I-]. The minimum atomic E-state index is -1.08. The number of thioether (sulfide) groups is 6. The summed E-state index contributed by atoms with van der Waals surface area (Å²) in [6.07, 6.45) is 38.1. The van der Waals surface area contributed by atoms with Crippen LogP contribution in [0.1, 0.15) is 90.7 Å². The number of nitrogens with zero attached hydrogens (tertiary/aromatic N) is 9. The molecule has 2 N–H and O–H groups in total. The van der Waals surface area contributed by atoms with Crippen molar-refractivity contribution in [2.24, 2.45) is 0 Å². The molecule has 28 heteroatoms. The van der Waals surface area contributed by atoms with Crippen LogP contribution in [-0.2, 0) is 32.2 Å². The number of aryl methyl sites for hydroxylation is 2. The quantitative estimate of drug-likeness (QED) is 0.0101. The molecule has 0 spiro atoms. The Morgan fingerprint density at radius 2 is 0.986 bits per heavy atom. The molecule has 0 aliphatic carbocycles. The number of ketones is 2. The van der Waals surface area contributed by atoms with Gasteiger partial charge in [0.15, 0.2) is 5.69 Å². The normalized spacial score (nSPS) is 16.9. The van der Waals surface area contributed by atoms with Crippen molar-refractivity contribution in [2.45, 2.75) is 93.0 Å². The molecule has 17 nitrogen and oxygen atoms in total. The van der Waals surface area contributed by atoms with E-state index in [0.29, 0.717) is 34.4 Å². The van der Waals surface area contributed by atoms with Gasteiger partial charge < -0.3 is 82.7 Å². The van der Waals surface area contributed by atoms with Gasteiger partial charge in [-0.1, -0.05) is 198 Å². The van der Waals surface area contributed by atoms with Gasteiger partial charge in [-0.25, -0.2) is 4.79 Å². The number of methoxy groups -OCH3 is 1. The van der Waals surface area contributed by atoms with E-state index in [1.807, 2.05) is 152 Å². The molecule has 712 valence electrons. The summed E-state index contributed by atoms with van der Waals surface area (Å²) >= 11 is 15.3. The maximum absolute atomic E-state index is 12.4. The Morgan fingerprint density at radius 3 is 1.56 bits per heavy atom. The van der Waals surface area contributed by atoms with Crippen LogP contribution >= 0.6 is 82.8 Å². The number of amides is 1. The average molecular weight is 2340 g/mol.